The number of hydrogen-bond acceptors (Lipinski definition) is 6. The summed E-state index contributed by atoms with van der Waals surface area (Å²) in [4.78, 5) is 24.8. The van der Waals surface area contributed by atoms with Crippen LogP contribution in [-0.4, -0.2) is 69.6 Å². The van der Waals surface area contributed by atoms with E-state index in [4.69, 9.17) is 9.72 Å². The Balaban J connectivity index is 1.47. The molecule has 178 valence electrons. The van der Waals surface area contributed by atoms with Crippen LogP contribution in [0.1, 0.15) is 25.7 Å². The molecule has 3 heterocycles. The summed E-state index contributed by atoms with van der Waals surface area (Å²) < 4.78 is 19.9. The van der Waals surface area contributed by atoms with Crippen LogP contribution in [0.3, 0.4) is 0 Å². The molecule has 2 saturated heterocycles. The van der Waals surface area contributed by atoms with Crippen molar-refractivity contribution >= 4 is 22.8 Å². The highest BCUT2D eigenvalue weighted by Crippen LogP contribution is 2.34. The molecule has 2 fully saturated rings. The van der Waals surface area contributed by atoms with Crippen LogP contribution in [0, 0.1) is 5.82 Å². The molecular formula is C25H27FN4O4. The molecule has 3 aromatic rings. The number of benzene rings is 2. The number of carbonyl (C=O) groups is 1. The number of aromatic hydroxyl groups is 1. The van der Waals surface area contributed by atoms with Crippen molar-refractivity contribution in [2.75, 3.05) is 31.1 Å². The van der Waals surface area contributed by atoms with Crippen molar-refractivity contribution < 1.29 is 24.1 Å². The first-order valence-electron chi connectivity index (χ1n) is 11.6. The van der Waals surface area contributed by atoms with E-state index in [2.05, 4.69) is 4.98 Å². The summed E-state index contributed by atoms with van der Waals surface area (Å²) >= 11 is 0. The van der Waals surface area contributed by atoms with Crippen LogP contribution < -0.4 is 4.90 Å². The minimum absolute atomic E-state index is 0.0544. The van der Waals surface area contributed by atoms with Gasteiger partial charge in [-0.3, -0.25) is 0 Å². The van der Waals surface area contributed by atoms with E-state index in [1.807, 2.05) is 4.90 Å². The fourth-order valence-corrected chi connectivity index (χ4v) is 4.85. The fraction of sp³-hybridized carbons (Fsp3) is 0.400. The van der Waals surface area contributed by atoms with E-state index in [0.29, 0.717) is 60.8 Å². The van der Waals surface area contributed by atoms with E-state index in [1.165, 1.54) is 17.0 Å². The van der Waals surface area contributed by atoms with Crippen LogP contribution in [0.5, 0.6) is 5.75 Å². The third-order valence-electron chi connectivity index (χ3n) is 6.61. The number of rotatable bonds is 5. The number of anilines is 1. The van der Waals surface area contributed by atoms with E-state index in [1.54, 1.807) is 30.3 Å². The number of ether oxygens (including phenoxy) is 1. The lowest BCUT2D eigenvalue weighted by atomic mass is 10.1. The van der Waals surface area contributed by atoms with Crippen LogP contribution in [0.15, 0.2) is 42.5 Å². The summed E-state index contributed by atoms with van der Waals surface area (Å²) in [7, 11) is 0. The van der Waals surface area contributed by atoms with Gasteiger partial charge in [0, 0.05) is 25.1 Å². The van der Waals surface area contributed by atoms with Gasteiger partial charge in [0.05, 0.1) is 29.8 Å². The molecule has 1 unspecified atom stereocenters. The molecule has 2 aliphatic rings. The maximum atomic E-state index is 14.1. The molecule has 0 saturated carbocycles. The zero-order chi connectivity index (χ0) is 23.7. The van der Waals surface area contributed by atoms with Crippen LogP contribution in [0.4, 0.5) is 15.0 Å². The molecule has 2 atom stereocenters. The highest BCUT2D eigenvalue weighted by molar-refractivity contribution is 5.91. The lowest BCUT2D eigenvalue weighted by Crippen LogP contribution is -2.46. The number of phenols is 1. The molecule has 2 aliphatic heterocycles. The smallest absolute Gasteiger partial charge is 0.407 e. The van der Waals surface area contributed by atoms with Crippen molar-refractivity contribution in [2.45, 2.75) is 37.8 Å². The first-order chi connectivity index (χ1) is 16.5. The Morgan fingerprint density at radius 2 is 2.03 bits per heavy atom. The Morgan fingerprint density at radius 3 is 2.79 bits per heavy atom. The first-order valence-corrected chi connectivity index (χ1v) is 11.6. The van der Waals surface area contributed by atoms with E-state index in [-0.39, 0.29) is 17.9 Å². The maximum Gasteiger partial charge on any atom is 0.407 e. The molecule has 2 N–H and O–H groups in total. The van der Waals surface area contributed by atoms with Crippen LogP contribution in [-0.2, 0) is 4.74 Å². The quantitative estimate of drug-likeness (QED) is 0.579. The van der Waals surface area contributed by atoms with Crippen molar-refractivity contribution in [1.29, 1.82) is 0 Å². The maximum absolute atomic E-state index is 14.1. The number of nitrogens with zero attached hydrogens (tertiary/aromatic N) is 4. The standard InChI is InChI=1S/C25H27FN4O4/c26-16-8-9-21-20(13-16)24(28-23(27-21)19-6-1-2-7-22(19)31)29-11-10-17(14-29)30(25(32)33)15-18-5-3-4-12-34-18/h1-2,6-9,13,17-18,31H,3-5,10-12,14-15H2,(H,32,33)/t17-,18?/m1/s1. The fourth-order valence-electron chi connectivity index (χ4n) is 4.85. The summed E-state index contributed by atoms with van der Waals surface area (Å²) in [6, 6.07) is 10.9. The molecule has 0 aliphatic carbocycles. The normalized spacial score (nSPS) is 20.6. The van der Waals surface area contributed by atoms with Crippen molar-refractivity contribution in [2.24, 2.45) is 0 Å². The van der Waals surface area contributed by atoms with E-state index >= 15 is 0 Å². The van der Waals surface area contributed by atoms with Crippen LogP contribution in [0.25, 0.3) is 22.3 Å². The molecule has 1 amide bonds. The number of carboxylic acid groups (broad SMARTS) is 1. The Labute approximate surface area is 196 Å². The third kappa shape index (κ3) is 4.48. The van der Waals surface area contributed by atoms with Crippen LogP contribution >= 0.6 is 0 Å². The monoisotopic (exact) mass is 466 g/mol. The van der Waals surface area contributed by atoms with Gasteiger partial charge in [0.15, 0.2) is 5.82 Å². The van der Waals surface area contributed by atoms with E-state index < -0.39 is 11.9 Å². The predicted octanol–water partition coefficient (Wildman–Crippen LogP) is 4.27. The van der Waals surface area contributed by atoms with E-state index in [0.717, 1.165) is 19.3 Å². The lowest BCUT2D eigenvalue weighted by Gasteiger charge is -2.32. The topological polar surface area (TPSA) is 99.0 Å². The zero-order valence-corrected chi connectivity index (χ0v) is 18.7. The lowest BCUT2D eigenvalue weighted by molar-refractivity contribution is -0.00879. The van der Waals surface area contributed by atoms with E-state index in [9.17, 15) is 19.4 Å². The summed E-state index contributed by atoms with van der Waals surface area (Å²) in [6.45, 7) is 2.02. The first kappa shape index (κ1) is 22.3. The molecule has 2 aromatic carbocycles. The number of aromatic nitrogens is 2. The molecule has 9 heteroatoms. The minimum atomic E-state index is -0.963. The summed E-state index contributed by atoms with van der Waals surface area (Å²) in [5.74, 6) is 0.523. The van der Waals surface area contributed by atoms with Gasteiger partial charge < -0.3 is 24.7 Å². The highest BCUT2D eigenvalue weighted by atomic mass is 19.1. The number of para-hydroxylation sites is 1. The number of phenolic OH excluding ortho intramolecular Hbond substituents is 1. The van der Waals surface area contributed by atoms with Crippen molar-refractivity contribution in [3.8, 4) is 17.1 Å². The number of amides is 1. The average Bonchev–Trinajstić information content (AvgIpc) is 3.32. The molecular weight excluding hydrogens is 439 g/mol. The Morgan fingerprint density at radius 1 is 1.18 bits per heavy atom. The third-order valence-corrected chi connectivity index (χ3v) is 6.61. The zero-order valence-electron chi connectivity index (χ0n) is 18.7. The number of halogens is 1. The van der Waals surface area contributed by atoms with Gasteiger partial charge in [0.1, 0.15) is 17.4 Å². The van der Waals surface area contributed by atoms with Gasteiger partial charge in [0.2, 0.25) is 0 Å². The number of fused-ring (bicyclic) bond motifs is 1. The van der Waals surface area contributed by atoms with Gasteiger partial charge in [-0.25, -0.2) is 19.2 Å². The minimum Gasteiger partial charge on any atom is -0.507 e. The van der Waals surface area contributed by atoms with Gasteiger partial charge in [-0.15, -0.1) is 0 Å². The van der Waals surface area contributed by atoms with Gasteiger partial charge in [0.25, 0.3) is 0 Å². The van der Waals surface area contributed by atoms with Crippen LogP contribution in [0.2, 0.25) is 0 Å². The Bertz CT molecular complexity index is 1200. The predicted molar refractivity (Wildman–Crippen MR) is 126 cm³/mol. The molecule has 34 heavy (non-hydrogen) atoms. The summed E-state index contributed by atoms with van der Waals surface area (Å²) in [6.07, 6.45) is 2.50. The van der Waals surface area contributed by atoms with Gasteiger partial charge in [-0.1, -0.05) is 12.1 Å². The van der Waals surface area contributed by atoms with Crippen molar-refractivity contribution in [1.82, 2.24) is 14.9 Å². The molecule has 0 spiro atoms. The van der Waals surface area contributed by atoms with Crippen molar-refractivity contribution in [3.63, 3.8) is 0 Å². The average molecular weight is 467 g/mol. The molecule has 1 aromatic heterocycles. The van der Waals surface area contributed by atoms with Crippen molar-refractivity contribution in [3.05, 3.63) is 48.3 Å². The second-order valence-electron chi connectivity index (χ2n) is 8.86. The Hall–Kier alpha value is -3.46. The second-order valence-corrected chi connectivity index (χ2v) is 8.86. The number of hydrogen-bond donors (Lipinski definition) is 2. The highest BCUT2D eigenvalue weighted by Gasteiger charge is 2.34. The molecule has 5 rings (SSSR count). The summed E-state index contributed by atoms with van der Waals surface area (Å²) in [5.41, 5.74) is 1.03. The largest absolute Gasteiger partial charge is 0.507 e. The van der Waals surface area contributed by atoms with Gasteiger partial charge >= 0.3 is 6.09 Å². The molecule has 8 nitrogen and oxygen atoms in total. The second kappa shape index (κ2) is 9.42. The molecule has 0 bridgehead atoms. The summed E-state index contributed by atoms with van der Waals surface area (Å²) in [5, 5.41) is 20.8. The van der Waals surface area contributed by atoms with Gasteiger partial charge in [-0.05, 0) is 56.0 Å². The Kier molecular flexibility index (Phi) is 6.19. The SMILES string of the molecule is O=C(O)N(CC1CCCCO1)[C@@H]1CCN(c2nc(-c3ccccc3O)nc3ccc(F)cc23)C1. The van der Waals surface area contributed by atoms with Gasteiger partial charge in [-0.2, -0.15) is 0 Å². The molecule has 0 radical (unpaired) electrons.